The standard InChI is InChI=1S/2C10H20O2.2CH3.Sn/c2*1-4-7-8-10(5-2,6-3)9(11)12;;;/h2*4-8H2,1-3H3,(H,11,12);2*1H3;/q;;;;+2/p-2. The van der Waals surface area contributed by atoms with Gasteiger partial charge in [0.05, 0.1) is 0 Å². The minimum atomic E-state index is -0.874. The Morgan fingerprint density at radius 2 is 0.889 bits per heavy atom. The summed E-state index contributed by atoms with van der Waals surface area (Å²) in [6, 6.07) is 0. The molecule has 5 heteroatoms. The van der Waals surface area contributed by atoms with Gasteiger partial charge in [0.25, 0.3) is 0 Å². The molecular formula is C22H44O4Sn. The topological polar surface area (TPSA) is 80.3 Å². The number of aliphatic carboxylic acids is 2. The predicted octanol–water partition coefficient (Wildman–Crippen LogP) is 4.25. The van der Waals surface area contributed by atoms with Gasteiger partial charge in [-0.15, -0.1) is 0 Å². The normalized spacial score (nSPS) is 10.7. The van der Waals surface area contributed by atoms with E-state index in [4.69, 9.17) is 0 Å². The maximum absolute atomic E-state index is 10.9. The van der Waals surface area contributed by atoms with Gasteiger partial charge in [-0.3, -0.25) is 0 Å². The molecule has 0 unspecified atom stereocenters. The zero-order valence-corrected chi connectivity index (χ0v) is 22.1. The number of carbonyl (C=O) groups is 2. The first-order valence-corrected chi connectivity index (χ1v) is 16.4. The van der Waals surface area contributed by atoms with Gasteiger partial charge >= 0.3 is 31.0 Å². The average Bonchev–Trinajstić information content (AvgIpc) is 2.65. The Balaban J connectivity index is -0.000000372. The number of rotatable bonds is 12. The van der Waals surface area contributed by atoms with Crippen molar-refractivity contribution in [3.8, 4) is 0 Å². The summed E-state index contributed by atoms with van der Waals surface area (Å²) in [6.45, 7) is 11.9. The van der Waals surface area contributed by atoms with Crippen molar-refractivity contribution >= 4 is 33.1 Å². The van der Waals surface area contributed by atoms with Crippen molar-refractivity contribution in [2.24, 2.45) is 10.8 Å². The monoisotopic (exact) mass is 492 g/mol. The summed E-state index contributed by atoms with van der Waals surface area (Å²) >= 11 is 0.230. The zero-order valence-electron chi connectivity index (χ0n) is 19.2. The van der Waals surface area contributed by atoms with E-state index in [2.05, 4.69) is 23.7 Å². The fourth-order valence-electron chi connectivity index (χ4n) is 3.02. The third-order valence-electron chi connectivity index (χ3n) is 5.59. The molecule has 0 saturated carbocycles. The van der Waals surface area contributed by atoms with Gasteiger partial charge in [-0.25, -0.2) is 0 Å². The molecule has 0 saturated heterocycles. The number of unbranched alkanes of at least 4 members (excludes halogenated alkanes) is 2. The summed E-state index contributed by atoms with van der Waals surface area (Å²) < 4.78 is 0. The molecular weight excluding hydrogens is 447 g/mol. The van der Waals surface area contributed by atoms with E-state index in [1.54, 1.807) is 0 Å². The van der Waals surface area contributed by atoms with Crippen LogP contribution >= 0.6 is 0 Å². The molecule has 0 aromatic rings. The Bertz CT molecular complexity index is 327. The first kappa shape index (κ1) is 31.4. The number of carboxylic acids is 2. The molecule has 0 N–H and O–H groups in total. The van der Waals surface area contributed by atoms with E-state index in [0.29, 0.717) is 25.7 Å². The Morgan fingerprint density at radius 3 is 1.00 bits per heavy atom. The van der Waals surface area contributed by atoms with E-state index >= 15 is 0 Å². The molecule has 0 fully saturated rings. The molecule has 0 aliphatic carbocycles. The summed E-state index contributed by atoms with van der Waals surface area (Å²) in [6.07, 6.45) is 8.34. The van der Waals surface area contributed by atoms with Gasteiger partial charge in [0, 0.05) is 22.8 Å². The van der Waals surface area contributed by atoms with Crippen LogP contribution in [0.4, 0.5) is 0 Å². The van der Waals surface area contributed by atoms with Crippen LogP contribution in [0.25, 0.3) is 0 Å². The Morgan fingerprint density at radius 1 is 0.667 bits per heavy atom. The van der Waals surface area contributed by atoms with Crippen LogP contribution in [0.2, 0.25) is 9.88 Å². The Hall–Kier alpha value is -0.261. The van der Waals surface area contributed by atoms with Gasteiger partial charge in [-0.1, -0.05) is 67.2 Å². The molecule has 27 heavy (non-hydrogen) atoms. The van der Waals surface area contributed by atoms with E-state index in [1.807, 2.05) is 27.7 Å². The summed E-state index contributed by atoms with van der Waals surface area (Å²) in [5.41, 5.74) is -1.12. The Kier molecular flexibility index (Phi) is 22.2. The molecule has 0 rings (SSSR count). The molecule has 0 bridgehead atoms. The molecule has 0 heterocycles. The molecule has 0 aromatic heterocycles. The summed E-state index contributed by atoms with van der Waals surface area (Å²) in [4.78, 5) is 26.3. The minimum absolute atomic E-state index is 0.230. The number of hydrogen-bond acceptors (Lipinski definition) is 4. The number of carbonyl (C=O) groups excluding carboxylic acids is 2. The van der Waals surface area contributed by atoms with Gasteiger partial charge in [-0.2, -0.15) is 0 Å². The van der Waals surface area contributed by atoms with Crippen LogP contribution in [0.1, 0.15) is 106 Å². The SMILES string of the molecule is CCCCC(CC)(CC)C(=O)[O-].CCCCC(CC)(CC)C(=O)[O-].[CH3][Sn+2][CH3]. The van der Waals surface area contributed by atoms with E-state index in [0.717, 1.165) is 38.5 Å². The van der Waals surface area contributed by atoms with Gasteiger partial charge in [-0.05, 0) is 38.5 Å². The molecule has 0 aliphatic heterocycles. The van der Waals surface area contributed by atoms with Crippen molar-refractivity contribution in [2.75, 3.05) is 0 Å². The van der Waals surface area contributed by atoms with Gasteiger partial charge in [0.2, 0.25) is 0 Å². The second-order valence-electron chi connectivity index (χ2n) is 7.26. The molecule has 0 radical (unpaired) electrons. The third-order valence-corrected chi connectivity index (χ3v) is 5.59. The number of hydrogen-bond donors (Lipinski definition) is 0. The predicted molar refractivity (Wildman–Crippen MR) is 113 cm³/mol. The molecule has 0 aromatic carbocycles. The van der Waals surface area contributed by atoms with E-state index in [9.17, 15) is 19.8 Å². The molecule has 0 aliphatic rings. The summed E-state index contributed by atoms with van der Waals surface area (Å²) in [5, 5.41) is 21.8. The van der Waals surface area contributed by atoms with Gasteiger partial charge < -0.3 is 19.8 Å². The van der Waals surface area contributed by atoms with Crippen molar-refractivity contribution in [3.63, 3.8) is 0 Å². The second-order valence-corrected chi connectivity index (χ2v) is 10.1. The van der Waals surface area contributed by atoms with E-state index in [1.165, 1.54) is 0 Å². The van der Waals surface area contributed by atoms with E-state index < -0.39 is 22.8 Å². The van der Waals surface area contributed by atoms with Crippen molar-refractivity contribution < 1.29 is 19.8 Å². The van der Waals surface area contributed by atoms with Crippen LogP contribution in [-0.2, 0) is 9.59 Å². The number of carboxylic acid groups (broad SMARTS) is 2. The second kappa shape index (κ2) is 19.1. The molecule has 0 spiro atoms. The first-order chi connectivity index (χ1) is 12.7. The van der Waals surface area contributed by atoms with Crippen LogP contribution in [-0.4, -0.2) is 33.1 Å². The van der Waals surface area contributed by atoms with Gasteiger partial charge in [0.15, 0.2) is 0 Å². The molecule has 0 amide bonds. The Labute approximate surface area is 179 Å². The van der Waals surface area contributed by atoms with Crippen LogP contribution in [0, 0.1) is 10.8 Å². The quantitative estimate of drug-likeness (QED) is 0.383. The molecule has 4 nitrogen and oxygen atoms in total. The maximum atomic E-state index is 10.9. The average molecular weight is 491 g/mol. The third kappa shape index (κ3) is 12.7. The van der Waals surface area contributed by atoms with Crippen LogP contribution in [0.3, 0.4) is 0 Å². The van der Waals surface area contributed by atoms with E-state index in [-0.39, 0.29) is 21.1 Å². The summed E-state index contributed by atoms with van der Waals surface area (Å²) in [5.74, 6) is -1.75. The van der Waals surface area contributed by atoms with Crippen molar-refractivity contribution in [3.05, 3.63) is 0 Å². The first-order valence-electron chi connectivity index (χ1n) is 10.7. The molecule has 160 valence electrons. The van der Waals surface area contributed by atoms with Crippen molar-refractivity contribution in [2.45, 2.75) is 116 Å². The summed E-state index contributed by atoms with van der Waals surface area (Å²) in [7, 11) is 0. The van der Waals surface area contributed by atoms with Gasteiger partial charge in [0.1, 0.15) is 0 Å². The fourth-order valence-corrected chi connectivity index (χ4v) is 3.02. The van der Waals surface area contributed by atoms with Crippen LogP contribution in [0.15, 0.2) is 0 Å². The fraction of sp³-hybridized carbons (Fsp3) is 0.909. The molecule has 0 atom stereocenters. The van der Waals surface area contributed by atoms with Crippen molar-refractivity contribution in [1.29, 1.82) is 0 Å². The van der Waals surface area contributed by atoms with Crippen molar-refractivity contribution in [1.82, 2.24) is 0 Å². The van der Waals surface area contributed by atoms with Crippen LogP contribution < -0.4 is 10.2 Å². The van der Waals surface area contributed by atoms with Crippen LogP contribution in [0.5, 0.6) is 0 Å². The zero-order chi connectivity index (χ0) is 21.9.